The van der Waals surface area contributed by atoms with Gasteiger partial charge < -0.3 is 9.26 Å². The van der Waals surface area contributed by atoms with Gasteiger partial charge in [0.1, 0.15) is 0 Å². The van der Waals surface area contributed by atoms with Crippen molar-refractivity contribution in [2.24, 2.45) is 0 Å². The minimum Gasteiger partial charge on any atom is -0.381 e. The first-order valence-corrected chi connectivity index (χ1v) is 6.31. The number of benzene rings is 1. The Hall–Kier alpha value is -1.68. The molecule has 1 aliphatic rings. The monoisotopic (exact) mass is 244 g/mol. The molecule has 0 amide bonds. The molecule has 0 N–H and O–H groups in total. The minimum absolute atomic E-state index is 0.134. The lowest BCUT2D eigenvalue weighted by atomic mass is 10.0. The molecule has 1 fully saturated rings. The Bertz CT molecular complexity index is 504. The van der Waals surface area contributed by atoms with Crippen LogP contribution in [0.5, 0.6) is 0 Å². The summed E-state index contributed by atoms with van der Waals surface area (Å²) in [7, 11) is 0. The second-order valence-electron chi connectivity index (χ2n) is 4.68. The molecule has 0 unspecified atom stereocenters. The zero-order chi connectivity index (χ0) is 12.4. The number of rotatable bonds is 3. The van der Waals surface area contributed by atoms with Gasteiger partial charge in [-0.15, -0.1) is 0 Å². The van der Waals surface area contributed by atoms with E-state index in [0.717, 1.165) is 18.9 Å². The summed E-state index contributed by atoms with van der Waals surface area (Å²) < 4.78 is 10.7. The van der Waals surface area contributed by atoms with Gasteiger partial charge in [-0.05, 0) is 18.9 Å². The lowest BCUT2D eigenvalue weighted by molar-refractivity contribution is 0.192. The van der Waals surface area contributed by atoms with Crippen LogP contribution in [0.15, 0.2) is 34.9 Å². The van der Waals surface area contributed by atoms with Gasteiger partial charge in [0.15, 0.2) is 5.82 Å². The first-order valence-electron chi connectivity index (χ1n) is 6.31. The van der Waals surface area contributed by atoms with Crippen LogP contribution in [0.1, 0.15) is 42.5 Å². The van der Waals surface area contributed by atoms with Crippen molar-refractivity contribution in [1.82, 2.24) is 10.1 Å². The van der Waals surface area contributed by atoms with Gasteiger partial charge >= 0.3 is 0 Å². The Morgan fingerprint density at radius 2 is 2.11 bits per heavy atom. The van der Waals surface area contributed by atoms with Gasteiger partial charge in [0.05, 0.1) is 12.5 Å². The molecule has 1 aromatic heterocycles. The van der Waals surface area contributed by atoms with Crippen molar-refractivity contribution in [2.45, 2.75) is 25.2 Å². The minimum atomic E-state index is 0.134. The molecule has 2 atom stereocenters. The lowest BCUT2D eigenvalue weighted by Gasteiger charge is -2.05. The molecule has 0 spiro atoms. The summed E-state index contributed by atoms with van der Waals surface area (Å²) >= 11 is 0. The fraction of sp³-hybridized carbons (Fsp3) is 0.429. The molecule has 94 valence electrons. The summed E-state index contributed by atoms with van der Waals surface area (Å²) in [6.07, 6.45) is 0.985. The van der Waals surface area contributed by atoms with Crippen LogP contribution in [0.25, 0.3) is 0 Å². The summed E-state index contributed by atoms with van der Waals surface area (Å²) in [4.78, 5) is 4.51. The van der Waals surface area contributed by atoms with Crippen LogP contribution >= 0.6 is 0 Å². The molecule has 2 aromatic rings. The van der Waals surface area contributed by atoms with E-state index in [1.807, 2.05) is 18.2 Å². The smallest absolute Gasteiger partial charge is 0.233 e. The molecule has 1 aromatic carbocycles. The highest BCUT2D eigenvalue weighted by Gasteiger charge is 2.24. The zero-order valence-corrected chi connectivity index (χ0v) is 10.4. The SMILES string of the molecule is C[C@H](c1ccccc1)c1nc([C@H]2CCOC2)no1. The molecule has 4 heteroatoms. The molecule has 0 radical (unpaired) electrons. The molecule has 0 saturated carbocycles. The average Bonchev–Trinajstić information content (AvgIpc) is 3.09. The van der Waals surface area contributed by atoms with E-state index >= 15 is 0 Å². The third-order valence-electron chi connectivity index (χ3n) is 3.42. The third kappa shape index (κ3) is 2.16. The molecule has 3 rings (SSSR count). The maximum absolute atomic E-state index is 5.38. The Morgan fingerprint density at radius 1 is 1.28 bits per heavy atom. The summed E-state index contributed by atoms with van der Waals surface area (Å²) in [6, 6.07) is 10.2. The van der Waals surface area contributed by atoms with Gasteiger partial charge in [-0.25, -0.2) is 0 Å². The van der Waals surface area contributed by atoms with Crippen molar-refractivity contribution in [2.75, 3.05) is 13.2 Å². The van der Waals surface area contributed by atoms with Crippen LogP contribution < -0.4 is 0 Å². The van der Waals surface area contributed by atoms with Crippen LogP contribution in [0.4, 0.5) is 0 Å². The van der Waals surface area contributed by atoms with Crippen molar-refractivity contribution in [3.63, 3.8) is 0 Å². The molecule has 4 nitrogen and oxygen atoms in total. The van der Waals surface area contributed by atoms with Crippen LogP contribution in [0.2, 0.25) is 0 Å². The van der Waals surface area contributed by atoms with E-state index in [1.54, 1.807) is 0 Å². The highest BCUT2D eigenvalue weighted by atomic mass is 16.5. The van der Waals surface area contributed by atoms with E-state index in [1.165, 1.54) is 5.56 Å². The van der Waals surface area contributed by atoms with E-state index in [4.69, 9.17) is 9.26 Å². The number of ether oxygens (including phenoxy) is 1. The second kappa shape index (κ2) is 4.90. The topological polar surface area (TPSA) is 48.2 Å². The largest absolute Gasteiger partial charge is 0.381 e. The fourth-order valence-electron chi connectivity index (χ4n) is 2.21. The predicted octanol–water partition coefficient (Wildman–Crippen LogP) is 2.73. The Morgan fingerprint density at radius 3 is 2.83 bits per heavy atom. The van der Waals surface area contributed by atoms with Crippen molar-refractivity contribution >= 4 is 0 Å². The molecule has 1 aliphatic heterocycles. The van der Waals surface area contributed by atoms with Crippen LogP contribution in [0.3, 0.4) is 0 Å². The van der Waals surface area contributed by atoms with Gasteiger partial charge in [-0.3, -0.25) is 0 Å². The van der Waals surface area contributed by atoms with Crippen LogP contribution in [0, 0.1) is 0 Å². The van der Waals surface area contributed by atoms with E-state index in [9.17, 15) is 0 Å². The quantitative estimate of drug-likeness (QED) is 0.833. The summed E-state index contributed by atoms with van der Waals surface area (Å²) in [6.45, 7) is 3.58. The Labute approximate surface area is 106 Å². The highest BCUT2D eigenvalue weighted by Crippen LogP contribution is 2.26. The number of hydrogen-bond acceptors (Lipinski definition) is 4. The van der Waals surface area contributed by atoms with Gasteiger partial charge in [0, 0.05) is 12.5 Å². The summed E-state index contributed by atoms with van der Waals surface area (Å²) in [5.74, 6) is 1.90. The van der Waals surface area contributed by atoms with Crippen molar-refractivity contribution in [3.05, 3.63) is 47.6 Å². The van der Waals surface area contributed by atoms with E-state index in [2.05, 4.69) is 29.2 Å². The van der Waals surface area contributed by atoms with Crippen molar-refractivity contribution in [3.8, 4) is 0 Å². The Balaban J connectivity index is 1.80. The van der Waals surface area contributed by atoms with Crippen LogP contribution in [-0.2, 0) is 4.74 Å². The standard InChI is InChI=1S/C14H16N2O2/c1-10(11-5-3-2-4-6-11)14-15-13(16-18-14)12-7-8-17-9-12/h2-6,10,12H,7-9H2,1H3/t10-,12+/m1/s1. The molecular weight excluding hydrogens is 228 g/mol. The molecule has 0 aliphatic carbocycles. The van der Waals surface area contributed by atoms with Crippen molar-refractivity contribution in [1.29, 1.82) is 0 Å². The first-order chi connectivity index (χ1) is 8.84. The Kier molecular flexibility index (Phi) is 3.11. The highest BCUT2D eigenvalue weighted by molar-refractivity contribution is 5.23. The molecular formula is C14H16N2O2. The third-order valence-corrected chi connectivity index (χ3v) is 3.42. The molecule has 18 heavy (non-hydrogen) atoms. The number of hydrogen-bond donors (Lipinski definition) is 0. The summed E-state index contributed by atoms with van der Waals surface area (Å²) in [5, 5.41) is 4.08. The van der Waals surface area contributed by atoms with E-state index < -0.39 is 0 Å². The molecule has 2 heterocycles. The fourth-order valence-corrected chi connectivity index (χ4v) is 2.21. The van der Waals surface area contributed by atoms with Crippen molar-refractivity contribution < 1.29 is 9.26 Å². The second-order valence-corrected chi connectivity index (χ2v) is 4.68. The molecule has 1 saturated heterocycles. The average molecular weight is 244 g/mol. The lowest BCUT2D eigenvalue weighted by Crippen LogP contribution is -2.01. The normalized spacial score (nSPS) is 21.1. The van der Waals surface area contributed by atoms with E-state index in [0.29, 0.717) is 18.4 Å². The maximum Gasteiger partial charge on any atom is 0.233 e. The predicted molar refractivity (Wildman–Crippen MR) is 66.4 cm³/mol. The molecule has 0 bridgehead atoms. The maximum atomic E-state index is 5.38. The van der Waals surface area contributed by atoms with Gasteiger partial charge in [-0.2, -0.15) is 4.98 Å². The first kappa shape index (κ1) is 11.4. The number of aromatic nitrogens is 2. The number of nitrogens with zero attached hydrogens (tertiary/aromatic N) is 2. The van der Waals surface area contributed by atoms with E-state index in [-0.39, 0.29) is 5.92 Å². The van der Waals surface area contributed by atoms with Crippen LogP contribution in [-0.4, -0.2) is 23.4 Å². The van der Waals surface area contributed by atoms with Gasteiger partial charge in [-0.1, -0.05) is 35.5 Å². The zero-order valence-electron chi connectivity index (χ0n) is 10.4. The van der Waals surface area contributed by atoms with Gasteiger partial charge in [0.2, 0.25) is 5.89 Å². The van der Waals surface area contributed by atoms with Gasteiger partial charge in [0.25, 0.3) is 0 Å². The summed E-state index contributed by atoms with van der Waals surface area (Å²) in [5.41, 5.74) is 1.19.